The Labute approximate surface area is 128 Å². The Bertz CT molecular complexity index is 859. The van der Waals surface area contributed by atoms with Gasteiger partial charge < -0.3 is 10.5 Å². The van der Waals surface area contributed by atoms with Crippen molar-refractivity contribution in [3.05, 3.63) is 59.8 Å². The molecule has 23 heavy (non-hydrogen) atoms. The fourth-order valence-corrected chi connectivity index (χ4v) is 2.06. The maximum atomic E-state index is 13.3. The molecule has 0 bridgehead atoms. The number of H-pyrrole nitrogens is 1. The fourth-order valence-electron chi connectivity index (χ4n) is 2.06. The highest BCUT2D eigenvalue weighted by molar-refractivity contribution is 5.97. The van der Waals surface area contributed by atoms with Crippen LogP contribution in [0.15, 0.2) is 42.5 Å². The highest BCUT2D eigenvalue weighted by atomic mass is 19.1. The van der Waals surface area contributed by atoms with Crippen LogP contribution in [-0.2, 0) is 0 Å². The maximum absolute atomic E-state index is 13.3. The summed E-state index contributed by atoms with van der Waals surface area (Å²) in [6.45, 7) is 0. The fraction of sp³-hybridized carbons (Fsp3) is 0. The van der Waals surface area contributed by atoms with Gasteiger partial charge in [-0.25, -0.2) is 8.78 Å². The molecule has 3 rings (SSSR count). The predicted octanol–water partition coefficient (Wildman–Crippen LogP) is 2.64. The van der Waals surface area contributed by atoms with E-state index in [4.69, 9.17) is 10.5 Å². The van der Waals surface area contributed by atoms with Crippen molar-refractivity contribution in [3.8, 4) is 22.8 Å². The van der Waals surface area contributed by atoms with Gasteiger partial charge in [-0.05, 0) is 12.1 Å². The van der Waals surface area contributed by atoms with E-state index < -0.39 is 17.5 Å². The zero-order chi connectivity index (χ0) is 16.4. The Hall–Kier alpha value is -3.29. The molecule has 0 aliphatic carbocycles. The number of aromatic nitrogens is 3. The summed E-state index contributed by atoms with van der Waals surface area (Å²) < 4.78 is 32.0. The van der Waals surface area contributed by atoms with Crippen molar-refractivity contribution in [3.63, 3.8) is 0 Å². The summed E-state index contributed by atoms with van der Waals surface area (Å²) in [7, 11) is 0. The molecule has 1 aromatic heterocycles. The topological polar surface area (TPSA) is 93.9 Å². The summed E-state index contributed by atoms with van der Waals surface area (Å²) in [6.07, 6.45) is 0. The Kier molecular flexibility index (Phi) is 3.71. The molecular weight excluding hydrogens is 306 g/mol. The van der Waals surface area contributed by atoms with Gasteiger partial charge in [0.2, 0.25) is 0 Å². The number of nitrogens with two attached hydrogens (primary N) is 1. The van der Waals surface area contributed by atoms with Gasteiger partial charge in [-0.1, -0.05) is 12.1 Å². The molecule has 0 aliphatic heterocycles. The number of amides is 1. The second kappa shape index (κ2) is 5.84. The average Bonchev–Trinajstić information content (AvgIpc) is 2.96. The summed E-state index contributed by atoms with van der Waals surface area (Å²) in [5.41, 5.74) is 5.76. The molecule has 3 aromatic rings. The quantitative estimate of drug-likeness (QED) is 0.773. The lowest BCUT2D eigenvalue weighted by atomic mass is 10.1. The van der Waals surface area contributed by atoms with E-state index in [0.717, 1.165) is 18.2 Å². The first-order valence-corrected chi connectivity index (χ1v) is 6.48. The van der Waals surface area contributed by atoms with Gasteiger partial charge >= 0.3 is 0 Å². The Morgan fingerprint density at radius 1 is 1.09 bits per heavy atom. The van der Waals surface area contributed by atoms with Crippen LogP contribution in [-0.4, -0.2) is 21.3 Å². The molecule has 0 atom stereocenters. The van der Waals surface area contributed by atoms with E-state index in [1.165, 1.54) is 0 Å². The number of nitrogens with zero attached hydrogens (tertiary/aromatic N) is 2. The minimum absolute atomic E-state index is 0.0286. The van der Waals surface area contributed by atoms with Gasteiger partial charge in [-0.2, -0.15) is 15.4 Å². The number of benzene rings is 2. The van der Waals surface area contributed by atoms with Gasteiger partial charge in [-0.15, -0.1) is 0 Å². The number of aromatic amines is 1. The molecule has 0 radical (unpaired) electrons. The van der Waals surface area contributed by atoms with Gasteiger partial charge in [0.1, 0.15) is 28.8 Å². The van der Waals surface area contributed by atoms with Gasteiger partial charge in [-0.3, -0.25) is 4.79 Å². The number of hydrogen-bond acceptors (Lipinski definition) is 4. The summed E-state index contributed by atoms with van der Waals surface area (Å²) >= 11 is 0. The third kappa shape index (κ3) is 3.00. The Morgan fingerprint density at radius 3 is 2.48 bits per heavy atom. The van der Waals surface area contributed by atoms with E-state index in [1.54, 1.807) is 24.3 Å². The highest BCUT2D eigenvalue weighted by Gasteiger charge is 2.19. The Morgan fingerprint density at radius 2 is 1.78 bits per heavy atom. The lowest BCUT2D eigenvalue weighted by molar-refractivity contribution is 0.0996. The molecule has 0 saturated carbocycles. The molecule has 1 heterocycles. The summed E-state index contributed by atoms with van der Waals surface area (Å²) in [4.78, 5) is 11.4. The summed E-state index contributed by atoms with van der Waals surface area (Å²) in [5.74, 6) is -2.08. The van der Waals surface area contributed by atoms with Crippen molar-refractivity contribution in [2.45, 2.75) is 0 Å². The lowest BCUT2D eigenvalue weighted by Gasteiger charge is -2.10. The lowest BCUT2D eigenvalue weighted by Crippen LogP contribution is -2.12. The van der Waals surface area contributed by atoms with Crippen molar-refractivity contribution in [2.24, 2.45) is 5.73 Å². The second-order valence-electron chi connectivity index (χ2n) is 4.59. The largest absolute Gasteiger partial charge is 0.456 e. The van der Waals surface area contributed by atoms with Crippen LogP contribution in [0.2, 0.25) is 0 Å². The van der Waals surface area contributed by atoms with Crippen LogP contribution in [0.5, 0.6) is 11.5 Å². The van der Waals surface area contributed by atoms with Crippen LogP contribution in [0, 0.1) is 11.6 Å². The number of carbonyl (C=O) groups is 1. The number of nitrogens with one attached hydrogen (secondary N) is 1. The molecule has 8 heteroatoms. The highest BCUT2D eigenvalue weighted by Crippen LogP contribution is 2.33. The normalized spacial score (nSPS) is 10.5. The van der Waals surface area contributed by atoms with E-state index in [-0.39, 0.29) is 22.9 Å². The molecule has 0 saturated heterocycles. The van der Waals surface area contributed by atoms with E-state index in [1.807, 2.05) is 0 Å². The molecule has 0 spiro atoms. The molecule has 6 nitrogen and oxygen atoms in total. The number of rotatable bonds is 4. The number of para-hydroxylation sites is 1. The standard InChI is InChI=1S/C15H10F2N4O2/c16-8-5-9(17)7-10(6-8)23-12-4-2-1-3-11(12)13-14(15(18)22)20-21-19-13/h1-7H,(H2,18,22)(H,19,20,21). The van der Waals surface area contributed by atoms with Gasteiger partial charge in [0.05, 0.1) is 0 Å². The van der Waals surface area contributed by atoms with Crippen LogP contribution >= 0.6 is 0 Å². The van der Waals surface area contributed by atoms with Crippen LogP contribution in [0.3, 0.4) is 0 Å². The monoisotopic (exact) mass is 316 g/mol. The maximum Gasteiger partial charge on any atom is 0.271 e. The zero-order valence-corrected chi connectivity index (χ0v) is 11.6. The molecule has 2 aromatic carbocycles. The van der Waals surface area contributed by atoms with E-state index in [9.17, 15) is 13.6 Å². The molecule has 0 aliphatic rings. The minimum Gasteiger partial charge on any atom is -0.456 e. The average molecular weight is 316 g/mol. The first-order chi connectivity index (χ1) is 11.0. The molecule has 116 valence electrons. The molecule has 3 N–H and O–H groups in total. The van der Waals surface area contributed by atoms with Crippen LogP contribution in [0.1, 0.15) is 10.5 Å². The Balaban J connectivity index is 2.04. The predicted molar refractivity (Wildman–Crippen MR) is 76.8 cm³/mol. The van der Waals surface area contributed by atoms with E-state index >= 15 is 0 Å². The summed E-state index contributed by atoms with van der Waals surface area (Å²) in [5, 5.41) is 9.87. The number of ether oxygens (including phenoxy) is 1. The van der Waals surface area contributed by atoms with Crippen molar-refractivity contribution in [2.75, 3.05) is 0 Å². The number of halogens is 2. The number of hydrogen-bond donors (Lipinski definition) is 2. The third-order valence-electron chi connectivity index (χ3n) is 2.99. The minimum atomic E-state index is -0.767. The van der Waals surface area contributed by atoms with Crippen LogP contribution in [0.4, 0.5) is 8.78 Å². The first-order valence-electron chi connectivity index (χ1n) is 6.48. The van der Waals surface area contributed by atoms with Crippen LogP contribution in [0.25, 0.3) is 11.3 Å². The van der Waals surface area contributed by atoms with Crippen molar-refractivity contribution < 1.29 is 18.3 Å². The van der Waals surface area contributed by atoms with E-state index in [2.05, 4.69) is 15.4 Å². The van der Waals surface area contributed by atoms with E-state index in [0.29, 0.717) is 5.56 Å². The van der Waals surface area contributed by atoms with Gasteiger partial charge in [0.25, 0.3) is 5.91 Å². The van der Waals surface area contributed by atoms with Crippen molar-refractivity contribution >= 4 is 5.91 Å². The second-order valence-corrected chi connectivity index (χ2v) is 4.59. The van der Waals surface area contributed by atoms with Gasteiger partial charge in [0.15, 0.2) is 5.69 Å². The first kappa shape index (κ1) is 14.6. The molecular formula is C15H10F2N4O2. The SMILES string of the molecule is NC(=O)c1n[nH]nc1-c1ccccc1Oc1cc(F)cc(F)c1. The molecule has 0 fully saturated rings. The van der Waals surface area contributed by atoms with Crippen molar-refractivity contribution in [1.82, 2.24) is 15.4 Å². The number of carbonyl (C=O) groups excluding carboxylic acids is 1. The van der Waals surface area contributed by atoms with Crippen molar-refractivity contribution in [1.29, 1.82) is 0 Å². The van der Waals surface area contributed by atoms with Crippen LogP contribution < -0.4 is 10.5 Å². The smallest absolute Gasteiger partial charge is 0.271 e. The molecule has 1 amide bonds. The third-order valence-corrected chi connectivity index (χ3v) is 2.99. The zero-order valence-electron chi connectivity index (χ0n) is 11.6. The number of primary amides is 1. The molecule has 0 unspecified atom stereocenters. The summed E-state index contributed by atoms with van der Waals surface area (Å²) in [6, 6.07) is 9.36. The van der Waals surface area contributed by atoms with Gasteiger partial charge in [0, 0.05) is 23.8 Å².